The van der Waals surface area contributed by atoms with Crippen molar-refractivity contribution < 1.29 is 28.6 Å². The number of benzene rings is 2. The summed E-state index contributed by atoms with van der Waals surface area (Å²) in [5.41, 5.74) is 0.883. The average molecular weight is 539 g/mol. The van der Waals surface area contributed by atoms with E-state index in [1.165, 1.54) is 7.11 Å². The molecular weight excluding hydrogens is 500 g/mol. The normalized spacial score (nSPS) is 18.4. The molecule has 2 aliphatic heterocycles. The highest BCUT2D eigenvalue weighted by Crippen LogP contribution is 2.39. The molecule has 0 saturated carbocycles. The lowest BCUT2D eigenvalue weighted by Gasteiger charge is -2.44. The molecule has 3 amide bonds. The van der Waals surface area contributed by atoms with Crippen molar-refractivity contribution in [1.82, 2.24) is 20.0 Å². The Hall–Kier alpha value is -3.63. The van der Waals surface area contributed by atoms with Crippen LogP contribution < -0.4 is 14.8 Å². The fourth-order valence-corrected chi connectivity index (χ4v) is 5.24. The third kappa shape index (κ3) is 5.86. The zero-order chi connectivity index (χ0) is 28.2. The third-order valence-corrected chi connectivity index (χ3v) is 7.48. The summed E-state index contributed by atoms with van der Waals surface area (Å²) in [6, 6.07) is 11.7. The second kappa shape index (κ2) is 12.0. The molecule has 1 N–H and O–H groups in total. The molecule has 0 aromatic heterocycles. The quantitative estimate of drug-likeness (QED) is 0.550. The lowest BCUT2D eigenvalue weighted by molar-refractivity contribution is -0.128. The van der Waals surface area contributed by atoms with Gasteiger partial charge >= 0.3 is 0 Å². The number of hydrogen-bond donors (Lipinski definition) is 1. The minimum Gasteiger partial charge on any atom is -0.493 e. The maximum absolute atomic E-state index is 14.0. The van der Waals surface area contributed by atoms with E-state index in [0.29, 0.717) is 61.6 Å². The predicted octanol–water partition coefficient (Wildman–Crippen LogP) is 2.16. The van der Waals surface area contributed by atoms with Gasteiger partial charge in [-0.2, -0.15) is 0 Å². The standard InChI is InChI=1S/C29H38N4O6/c1-20-8-6-7-9-22(20)28(36)33-23(26(34)30-14-17-31(2)3)19-39-29(33)12-15-32(16-13-29)27(35)21-10-11-24(37-4)25(18-21)38-5/h6-11,18,23H,12-17,19H2,1-5H3,(H,30,34). The fraction of sp³-hybridized carbons (Fsp3) is 0.483. The number of carbonyl (C=O) groups excluding carboxylic acids is 3. The highest BCUT2D eigenvalue weighted by molar-refractivity contribution is 5.99. The Labute approximate surface area is 229 Å². The van der Waals surface area contributed by atoms with Crippen LogP contribution in [0, 0.1) is 6.92 Å². The monoisotopic (exact) mass is 538 g/mol. The van der Waals surface area contributed by atoms with Crippen LogP contribution in [0.5, 0.6) is 11.5 Å². The minimum absolute atomic E-state index is 0.106. The van der Waals surface area contributed by atoms with Crippen LogP contribution in [-0.4, -0.2) is 105 Å². The van der Waals surface area contributed by atoms with Crippen molar-refractivity contribution in [2.24, 2.45) is 0 Å². The molecule has 0 bridgehead atoms. The molecule has 210 valence electrons. The molecule has 10 heteroatoms. The van der Waals surface area contributed by atoms with Gasteiger partial charge in [-0.25, -0.2) is 0 Å². The van der Waals surface area contributed by atoms with Gasteiger partial charge in [0.15, 0.2) is 11.5 Å². The lowest BCUT2D eigenvalue weighted by Crippen LogP contribution is -2.60. The molecule has 1 spiro atoms. The summed E-state index contributed by atoms with van der Waals surface area (Å²) in [6.45, 7) is 3.89. The van der Waals surface area contributed by atoms with Gasteiger partial charge in [-0.05, 0) is 50.8 Å². The average Bonchev–Trinajstić information content (AvgIpc) is 3.30. The molecule has 1 atom stereocenters. The van der Waals surface area contributed by atoms with E-state index in [9.17, 15) is 14.4 Å². The lowest BCUT2D eigenvalue weighted by atomic mass is 9.95. The maximum atomic E-state index is 14.0. The van der Waals surface area contributed by atoms with E-state index in [-0.39, 0.29) is 24.3 Å². The zero-order valence-electron chi connectivity index (χ0n) is 23.4. The molecule has 2 aromatic rings. The molecule has 4 rings (SSSR count). The first kappa shape index (κ1) is 28.4. The van der Waals surface area contributed by atoms with E-state index in [0.717, 1.165) is 5.56 Å². The van der Waals surface area contributed by atoms with Crippen LogP contribution in [0.1, 0.15) is 39.1 Å². The number of carbonyl (C=O) groups is 3. The Morgan fingerprint density at radius 2 is 1.72 bits per heavy atom. The van der Waals surface area contributed by atoms with E-state index in [1.807, 2.05) is 44.1 Å². The fourth-order valence-electron chi connectivity index (χ4n) is 5.24. The molecule has 0 radical (unpaired) electrons. The van der Waals surface area contributed by atoms with Gasteiger partial charge in [-0.3, -0.25) is 19.3 Å². The van der Waals surface area contributed by atoms with Gasteiger partial charge in [-0.1, -0.05) is 18.2 Å². The van der Waals surface area contributed by atoms with Gasteiger partial charge in [0.2, 0.25) is 5.91 Å². The van der Waals surface area contributed by atoms with E-state index < -0.39 is 11.8 Å². The van der Waals surface area contributed by atoms with Crippen molar-refractivity contribution in [3.8, 4) is 11.5 Å². The molecule has 39 heavy (non-hydrogen) atoms. The largest absolute Gasteiger partial charge is 0.493 e. The smallest absolute Gasteiger partial charge is 0.257 e. The first-order chi connectivity index (χ1) is 18.7. The van der Waals surface area contributed by atoms with E-state index >= 15 is 0 Å². The summed E-state index contributed by atoms with van der Waals surface area (Å²) < 4.78 is 16.9. The number of methoxy groups -OCH3 is 2. The Balaban J connectivity index is 1.55. The molecule has 2 aliphatic rings. The van der Waals surface area contributed by atoms with E-state index in [2.05, 4.69) is 5.32 Å². The van der Waals surface area contributed by atoms with Crippen LogP contribution in [0.3, 0.4) is 0 Å². The molecule has 0 aliphatic carbocycles. The molecule has 2 fully saturated rings. The number of likely N-dealkylation sites (N-methyl/N-ethyl adjacent to an activating group) is 1. The highest BCUT2D eigenvalue weighted by atomic mass is 16.5. The van der Waals surface area contributed by atoms with Gasteiger partial charge in [0.25, 0.3) is 11.8 Å². The number of aryl methyl sites for hydroxylation is 1. The predicted molar refractivity (Wildman–Crippen MR) is 146 cm³/mol. The Morgan fingerprint density at radius 3 is 2.36 bits per heavy atom. The number of amides is 3. The summed E-state index contributed by atoms with van der Waals surface area (Å²) in [4.78, 5) is 45.9. The van der Waals surface area contributed by atoms with Crippen molar-refractivity contribution in [2.75, 3.05) is 61.1 Å². The SMILES string of the molecule is COc1ccc(C(=O)N2CCC3(CC2)OCC(C(=O)NCCN(C)C)N3C(=O)c2ccccc2C)cc1OC. The molecule has 2 heterocycles. The van der Waals surface area contributed by atoms with Crippen LogP contribution in [0.15, 0.2) is 42.5 Å². The number of likely N-dealkylation sites (tertiary alicyclic amines) is 1. The number of ether oxygens (including phenoxy) is 3. The topological polar surface area (TPSA) is 101 Å². The van der Waals surface area contributed by atoms with Gasteiger partial charge in [-0.15, -0.1) is 0 Å². The number of piperidine rings is 1. The van der Waals surface area contributed by atoms with Gasteiger partial charge < -0.3 is 29.3 Å². The Kier molecular flexibility index (Phi) is 8.76. The van der Waals surface area contributed by atoms with Crippen molar-refractivity contribution in [2.45, 2.75) is 31.5 Å². The molecular formula is C29H38N4O6. The molecule has 2 saturated heterocycles. The summed E-state index contributed by atoms with van der Waals surface area (Å²) in [5.74, 6) is 0.413. The summed E-state index contributed by atoms with van der Waals surface area (Å²) in [5, 5.41) is 2.96. The summed E-state index contributed by atoms with van der Waals surface area (Å²) in [7, 11) is 6.95. The van der Waals surface area contributed by atoms with Crippen LogP contribution in [0.4, 0.5) is 0 Å². The summed E-state index contributed by atoms with van der Waals surface area (Å²) in [6.07, 6.45) is 0.788. The minimum atomic E-state index is -0.975. The number of nitrogens with one attached hydrogen (secondary N) is 1. The Morgan fingerprint density at radius 1 is 1.03 bits per heavy atom. The second-order valence-corrected chi connectivity index (χ2v) is 10.2. The Bertz CT molecular complexity index is 1210. The number of rotatable bonds is 8. The zero-order valence-corrected chi connectivity index (χ0v) is 23.4. The first-order valence-electron chi connectivity index (χ1n) is 13.2. The van der Waals surface area contributed by atoms with Crippen molar-refractivity contribution in [3.63, 3.8) is 0 Å². The highest BCUT2D eigenvalue weighted by Gasteiger charge is 2.54. The third-order valence-electron chi connectivity index (χ3n) is 7.48. The molecule has 1 unspecified atom stereocenters. The van der Waals surface area contributed by atoms with Crippen LogP contribution in [0.2, 0.25) is 0 Å². The first-order valence-corrected chi connectivity index (χ1v) is 13.2. The maximum Gasteiger partial charge on any atom is 0.257 e. The molecule has 2 aromatic carbocycles. The van der Waals surface area contributed by atoms with Gasteiger partial charge in [0, 0.05) is 50.1 Å². The van der Waals surface area contributed by atoms with E-state index in [4.69, 9.17) is 14.2 Å². The van der Waals surface area contributed by atoms with Gasteiger partial charge in [0.1, 0.15) is 11.8 Å². The van der Waals surface area contributed by atoms with Crippen molar-refractivity contribution in [3.05, 3.63) is 59.2 Å². The number of hydrogen-bond acceptors (Lipinski definition) is 7. The van der Waals surface area contributed by atoms with Crippen molar-refractivity contribution >= 4 is 17.7 Å². The van der Waals surface area contributed by atoms with Crippen LogP contribution in [-0.2, 0) is 9.53 Å². The van der Waals surface area contributed by atoms with Crippen molar-refractivity contribution in [1.29, 1.82) is 0 Å². The second-order valence-electron chi connectivity index (χ2n) is 10.2. The van der Waals surface area contributed by atoms with Gasteiger partial charge in [0.05, 0.1) is 20.8 Å². The van der Waals surface area contributed by atoms with E-state index in [1.54, 1.807) is 41.2 Å². The summed E-state index contributed by atoms with van der Waals surface area (Å²) >= 11 is 0. The van der Waals surface area contributed by atoms with Crippen LogP contribution in [0.25, 0.3) is 0 Å². The number of nitrogens with zero attached hydrogens (tertiary/aromatic N) is 3. The molecule has 10 nitrogen and oxygen atoms in total. The van der Waals surface area contributed by atoms with Crippen LogP contribution >= 0.6 is 0 Å².